The van der Waals surface area contributed by atoms with Gasteiger partial charge in [-0.25, -0.2) is 0 Å². The third-order valence-electron chi connectivity index (χ3n) is 4.82. The number of ether oxygens (including phenoxy) is 4. The Morgan fingerprint density at radius 2 is 1.58 bits per heavy atom. The van der Waals surface area contributed by atoms with E-state index in [1.807, 2.05) is 62.4 Å². The summed E-state index contributed by atoms with van der Waals surface area (Å²) >= 11 is 0. The van der Waals surface area contributed by atoms with E-state index < -0.39 is 0 Å². The van der Waals surface area contributed by atoms with Crippen LogP contribution in [-0.4, -0.2) is 39.2 Å². The highest BCUT2D eigenvalue weighted by Gasteiger charge is 2.07. The van der Waals surface area contributed by atoms with Crippen molar-refractivity contribution < 1.29 is 23.8 Å². The monoisotopic (exact) mass is 455 g/mol. The first-order valence-electron chi connectivity index (χ1n) is 11.4. The fourth-order valence-corrected chi connectivity index (χ4v) is 3.21. The van der Waals surface area contributed by atoms with Crippen LogP contribution >= 0.6 is 0 Å². The van der Waals surface area contributed by atoms with E-state index in [1.165, 1.54) is 7.11 Å². The van der Waals surface area contributed by atoms with Gasteiger partial charge in [-0.15, -0.1) is 0 Å². The van der Waals surface area contributed by atoms with Gasteiger partial charge in [-0.3, -0.25) is 0 Å². The number of unbranched alkanes of at least 4 members (excludes halogenated alkanes) is 1. The Labute approximate surface area is 198 Å². The molecule has 6 nitrogen and oxygen atoms in total. The molecule has 0 aliphatic rings. The first kappa shape index (κ1) is 26.3. The number of benzene rings is 2. The number of hydrogen-bond acceptors (Lipinski definition) is 6. The molecule has 0 N–H and O–H groups in total. The van der Waals surface area contributed by atoms with E-state index in [2.05, 4.69) is 19.0 Å². The van der Waals surface area contributed by atoms with Gasteiger partial charge >= 0.3 is 0 Å². The quantitative estimate of drug-likeness (QED) is 0.142. The molecular weight excluding hydrogens is 418 g/mol. The molecular formula is C27H37NO5. The van der Waals surface area contributed by atoms with Crippen molar-refractivity contribution in [2.24, 2.45) is 5.16 Å². The van der Waals surface area contributed by atoms with Crippen LogP contribution in [0.4, 0.5) is 0 Å². The maximum absolute atomic E-state index is 6.03. The van der Waals surface area contributed by atoms with Gasteiger partial charge in [0, 0.05) is 0 Å². The standard InChI is InChI=1S/C27H37NO5/c1-6-7-14-32-26-17-21(2)27(22(3)18-26)33-16-9-8-15-31-25-12-10-24(11-13-25)20-30-19-23(4)28-29-5/h6-7,10-13,17-18H,8-9,14-16,19-20H2,1-5H3/b7-6+,28-23+. The van der Waals surface area contributed by atoms with Crippen LogP contribution in [0.5, 0.6) is 17.2 Å². The molecule has 0 aliphatic heterocycles. The Bertz CT molecular complexity index is 867. The molecule has 0 saturated heterocycles. The number of hydrogen-bond donors (Lipinski definition) is 0. The van der Waals surface area contributed by atoms with E-state index in [9.17, 15) is 0 Å². The molecule has 180 valence electrons. The van der Waals surface area contributed by atoms with E-state index in [0.717, 1.165) is 52.5 Å². The van der Waals surface area contributed by atoms with Gasteiger partial charge in [0.25, 0.3) is 0 Å². The summed E-state index contributed by atoms with van der Waals surface area (Å²) in [6, 6.07) is 12.0. The smallest absolute Gasteiger partial charge is 0.125 e. The molecule has 0 heterocycles. The summed E-state index contributed by atoms with van der Waals surface area (Å²) in [6.07, 6.45) is 5.81. The Morgan fingerprint density at radius 3 is 2.21 bits per heavy atom. The third-order valence-corrected chi connectivity index (χ3v) is 4.82. The van der Waals surface area contributed by atoms with Crippen molar-refractivity contribution in [1.29, 1.82) is 0 Å². The van der Waals surface area contributed by atoms with Crippen molar-refractivity contribution in [3.8, 4) is 17.2 Å². The summed E-state index contributed by atoms with van der Waals surface area (Å²) in [5.74, 6) is 2.67. The second-order valence-electron chi connectivity index (χ2n) is 7.82. The lowest BCUT2D eigenvalue weighted by molar-refractivity contribution is 0.150. The average Bonchev–Trinajstić information content (AvgIpc) is 2.79. The predicted octanol–water partition coefficient (Wildman–Crippen LogP) is 6.04. The van der Waals surface area contributed by atoms with E-state index in [0.29, 0.717) is 33.0 Å². The van der Waals surface area contributed by atoms with Crippen LogP contribution in [0.15, 0.2) is 53.7 Å². The Morgan fingerprint density at radius 1 is 0.909 bits per heavy atom. The fourth-order valence-electron chi connectivity index (χ4n) is 3.21. The predicted molar refractivity (Wildman–Crippen MR) is 133 cm³/mol. The lowest BCUT2D eigenvalue weighted by atomic mass is 10.1. The first-order valence-corrected chi connectivity index (χ1v) is 11.4. The van der Waals surface area contributed by atoms with Crippen molar-refractivity contribution >= 4 is 5.71 Å². The van der Waals surface area contributed by atoms with Crippen molar-refractivity contribution in [1.82, 2.24) is 0 Å². The van der Waals surface area contributed by atoms with E-state index in [-0.39, 0.29) is 0 Å². The van der Waals surface area contributed by atoms with Gasteiger partial charge in [0.1, 0.15) is 31.0 Å². The van der Waals surface area contributed by atoms with Crippen molar-refractivity contribution in [3.05, 3.63) is 65.2 Å². The highest BCUT2D eigenvalue weighted by atomic mass is 16.6. The van der Waals surface area contributed by atoms with E-state index in [4.69, 9.17) is 23.8 Å². The fraction of sp³-hybridized carbons (Fsp3) is 0.444. The zero-order valence-electron chi connectivity index (χ0n) is 20.6. The summed E-state index contributed by atoms with van der Waals surface area (Å²) < 4.78 is 23.2. The summed E-state index contributed by atoms with van der Waals surface area (Å²) in [6.45, 7) is 10.8. The van der Waals surface area contributed by atoms with Crippen LogP contribution in [-0.2, 0) is 16.2 Å². The van der Waals surface area contributed by atoms with Gasteiger partial charge in [0.15, 0.2) is 0 Å². The molecule has 2 aromatic rings. The minimum atomic E-state index is 0.446. The van der Waals surface area contributed by atoms with Crippen LogP contribution in [0.3, 0.4) is 0 Å². The molecule has 0 aromatic heterocycles. The zero-order chi connectivity index (χ0) is 23.9. The maximum atomic E-state index is 6.03. The highest BCUT2D eigenvalue weighted by Crippen LogP contribution is 2.28. The van der Waals surface area contributed by atoms with Crippen LogP contribution in [0.2, 0.25) is 0 Å². The SMILES string of the molecule is C/C=C/COc1cc(C)c(OCCCCOc2ccc(COC/C(C)=N/OC)cc2)c(C)c1. The second kappa shape index (κ2) is 15.0. The second-order valence-corrected chi connectivity index (χ2v) is 7.82. The molecule has 0 bridgehead atoms. The van der Waals surface area contributed by atoms with E-state index >= 15 is 0 Å². The molecule has 0 saturated carbocycles. The number of oxime groups is 1. The van der Waals surface area contributed by atoms with Gasteiger partial charge in [-0.2, -0.15) is 0 Å². The molecule has 0 radical (unpaired) electrons. The minimum Gasteiger partial charge on any atom is -0.494 e. The van der Waals surface area contributed by atoms with E-state index in [1.54, 1.807) is 0 Å². The van der Waals surface area contributed by atoms with Crippen molar-refractivity contribution in [2.75, 3.05) is 33.5 Å². The summed E-state index contributed by atoms with van der Waals surface area (Å²) in [5, 5.41) is 3.82. The van der Waals surface area contributed by atoms with Crippen LogP contribution in [0.1, 0.15) is 43.4 Å². The molecule has 0 aliphatic carbocycles. The number of aryl methyl sites for hydroxylation is 2. The lowest BCUT2D eigenvalue weighted by Crippen LogP contribution is -2.05. The molecule has 6 heteroatoms. The molecule has 0 unspecified atom stereocenters. The largest absolute Gasteiger partial charge is 0.494 e. The van der Waals surface area contributed by atoms with Gasteiger partial charge in [-0.1, -0.05) is 29.4 Å². The molecule has 2 aromatic carbocycles. The lowest BCUT2D eigenvalue weighted by Gasteiger charge is -2.14. The van der Waals surface area contributed by atoms with Gasteiger partial charge < -0.3 is 23.8 Å². The first-order chi connectivity index (χ1) is 16.0. The molecule has 0 atom stereocenters. The normalized spacial score (nSPS) is 11.6. The summed E-state index contributed by atoms with van der Waals surface area (Å²) in [4.78, 5) is 4.71. The van der Waals surface area contributed by atoms with Crippen molar-refractivity contribution in [2.45, 2.75) is 47.1 Å². The van der Waals surface area contributed by atoms with Crippen LogP contribution in [0, 0.1) is 13.8 Å². The zero-order valence-corrected chi connectivity index (χ0v) is 20.6. The van der Waals surface area contributed by atoms with Gasteiger partial charge in [0.05, 0.1) is 32.1 Å². The highest BCUT2D eigenvalue weighted by molar-refractivity contribution is 5.82. The molecule has 0 fully saturated rings. The van der Waals surface area contributed by atoms with Gasteiger partial charge in [-0.05, 0) is 81.5 Å². The molecule has 33 heavy (non-hydrogen) atoms. The van der Waals surface area contributed by atoms with Crippen LogP contribution in [0.25, 0.3) is 0 Å². The summed E-state index contributed by atoms with van der Waals surface area (Å²) in [7, 11) is 1.53. The average molecular weight is 456 g/mol. The van der Waals surface area contributed by atoms with Gasteiger partial charge in [0.2, 0.25) is 0 Å². The topological polar surface area (TPSA) is 58.5 Å². The summed E-state index contributed by atoms with van der Waals surface area (Å²) in [5.41, 5.74) is 4.07. The molecule has 0 spiro atoms. The Hall–Kier alpha value is -2.99. The number of allylic oxidation sites excluding steroid dienone is 1. The third kappa shape index (κ3) is 10.00. The number of rotatable bonds is 15. The Balaban J connectivity index is 1.65. The van der Waals surface area contributed by atoms with Crippen molar-refractivity contribution in [3.63, 3.8) is 0 Å². The maximum Gasteiger partial charge on any atom is 0.125 e. The Kier molecular flexibility index (Phi) is 11.9. The number of nitrogens with zero attached hydrogens (tertiary/aromatic N) is 1. The van der Waals surface area contributed by atoms with Crippen LogP contribution < -0.4 is 14.2 Å². The molecule has 2 rings (SSSR count). The minimum absolute atomic E-state index is 0.446. The molecule has 0 amide bonds.